The first-order valence-electron chi connectivity index (χ1n) is 4.87. The minimum atomic E-state index is -0.187. The van der Waals surface area contributed by atoms with Crippen LogP contribution in [0.1, 0.15) is 0 Å². The highest BCUT2D eigenvalue weighted by Gasteiger charge is 2.20. The van der Waals surface area contributed by atoms with Gasteiger partial charge in [0.2, 0.25) is 0 Å². The van der Waals surface area contributed by atoms with Crippen LogP contribution in [0.5, 0.6) is 5.75 Å². The van der Waals surface area contributed by atoms with Crippen molar-refractivity contribution in [3.8, 4) is 5.75 Å². The Bertz CT molecular complexity index is 465. The first kappa shape index (κ1) is 10.4. The molecule has 4 nitrogen and oxygen atoms in total. The highest BCUT2D eigenvalue weighted by molar-refractivity contribution is 6.13. The molecule has 1 aliphatic rings. The van der Waals surface area contributed by atoms with Gasteiger partial charge in [0.05, 0.1) is 13.7 Å². The van der Waals surface area contributed by atoms with Gasteiger partial charge >= 0.3 is 0 Å². The van der Waals surface area contributed by atoms with Crippen LogP contribution in [0.15, 0.2) is 36.4 Å². The van der Waals surface area contributed by atoms with Crippen molar-refractivity contribution in [1.29, 1.82) is 0 Å². The zero-order valence-electron chi connectivity index (χ0n) is 8.84. The number of methoxy groups -OCH3 is 1. The summed E-state index contributed by atoms with van der Waals surface area (Å²) in [5.74, 6) is 0.391. The Morgan fingerprint density at radius 3 is 2.81 bits per heavy atom. The van der Waals surface area contributed by atoms with E-state index in [2.05, 4.69) is 0 Å². The van der Waals surface area contributed by atoms with Crippen molar-refractivity contribution in [3.05, 3.63) is 36.4 Å². The summed E-state index contributed by atoms with van der Waals surface area (Å²) in [5, 5.41) is 0. The fourth-order valence-electron chi connectivity index (χ4n) is 1.54. The second-order valence-corrected chi connectivity index (χ2v) is 3.43. The number of hydrogen-bond acceptors (Lipinski definition) is 3. The lowest BCUT2D eigenvalue weighted by molar-refractivity contribution is -0.119. The Balaban J connectivity index is 2.33. The smallest absolute Gasteiger partial charge is 0.251 e. The number of hydrogen-bond donors (Lipinski definition) is 0. The molecule has 0 saturated heterocycles. The van der Waals surface area contributed by atoms with Crippen LogP contribution in [0, 0.1) is 0 Å². The van der Waals surface area contributed by atoms with E-state index in [1.165, 1.54) is 17.1 Å². The van der Waals surface area contributed by atoms with Gasteiger partial charge in [-0.15, -0.1) is 0 Å². The zero-order chi connectivity index (χ0) is 11.5. The van der Waals surface area contributed by atoms with Gasteiger partial charge < -0.3 is 9.64 Å². The van der Waals surface area contributed by atoms with Crippen molar-refractivity contribution in [3.63, 3.8) is 0 Å². The predicted molar refractivity (Wildman–Crippen MR) is 59.5 cm³/mol. The van der Waals surface area contributed by atoms with Crippen molar-refractivity contribution in [2.24, 2.45) is 0 Å². The topological polar surface area (TPSA) is 46.6 Å². The third kappa shape index (κ3) is 1.95. The molecule has 1 aromatic rings. The molecule has 0 spiro atoms. The van der Waals surface area contributed by atoms with Crippen molar-refractivity contribution >= 4 is 17.4 Å². The number of nitrogens with zero attached hydrogens (tertiary/aromatic N) is 1. The number of ketones is 1. The number of carbonyl (C=O) groups excluding carboxylic acids is 2. The van der Waals surface area contributed by atoms with E-state index in [1.807, 2.05) is 0 Å². The van der Waals surface area contributed by atoms with Gasteiger partial charge in [-0.2, -0.15) is 0 Å². The number of amides is 1. The minimum Gasteiger partial charge on any atom is -0.497 e. The van der Waals surface area contributed by atoms with Crippen LogP contribution < -0.4 is 9.64 Å². The minimum absolute atomic E-state index is 0.0811. The molecular weight excluding hydrogens is 206 g/mol. The normalized spacial score (nSPS) is 15.4. The number of rotatable bonds is 2. The van der Waals surface area contributed by atoms with Gasteiger partial charge in [-0.25, -0.2) is 0 Å². The number of benzene rings is 1. The molecule has 2 rings (SSSR count). The molecule has 0 unspecified atom stereocenters. The standard InChI is InChI=1S/C12H11NO3/c1-16-11-4-2-3-9(7-11)13-8-10(14)5-6-12(13)15/h2-7H,8H2,1H3. The molecule has 0 fully saturated rings. The van der Waals surface area contributed by atoms with Gasteiger partial charge in [-0.05, 0) is 18.2 Å². The monoisotopic (exact) mass is 217 g/mol. The SMILES string of the molecule is COc1cccc(N2CC(=O)C=CC2=O)c1. The largest absolute Gasteiger partial charge is 0.497 e. The second kappa shape index (κ2) is 4.18. The molecule has 0 aromatic heterocycles. The lowest BCUT2D eigenvalue weighted by atomic mass is 10.2. The number of ether oxygens (including phenoxy) is 1. The van der Waals surface area contributed by atoms with Crippen LogP contribution in [-0.4, -0.2) is 25.3 Å². The van der Waals surface area contributed by atoms with Gasteiger partial charge in [0.1, 0.15) is 5.75 Å². The Hall–Kier alpha value is -2.10. The van der Waals surface area contributed by atoms with Crippen LogP contribution in [0.25, 0.3) is 0 Å². The Labute approximate surface area is 93.1 Å². The lowest BCUT2D eigenvalue weighted by Crippen LogP contribution is -2.37. The van der Waals surface area contributed by atoms with Gasteiger partial charge in [-0.1, -0.05) is 6.07 Å². The summed E-state index contributed by atoms with van der Waals surface area (Å²) < 4.78 is 5.07. The average Bonchev–Trinajstić information content (AvgIpc) is 2.32. The Morgan fingerprint density at radius 2 is 2.06 bits per heavy atom. The molecule has 0 bridgehead atoms. The van der Waals surface area contributed by atoms with Crippen molar-refractivity contribution < 1.29 is 14.3 Å². The fourth-order valence-corrected chi connectivity index (χ4v) is 1.54. The molecule has 1 aromatic carbocycles. The lowest BCUT2D eigenvalue weighted by Gasteiger charge is -2.22. The van der Waals surface area contributed by atoms with E-state index in [4.69, 9.17) is 4.74 Å². The first-order valence-corrected chi connectivity index (χ1v) is 4.87. The maximum atomic E-state index is 11.6. The van der Waals surface area contributed by atoms with Crippen LogP contribution in [0.3, 0.4) is 0 Å². The molecule has 0 saturated carbocycles. The van der Waals surface area contributed by atoms with Crippen LogP contribution in [-0.2, 0) is 9.59 Å². The molecule has 0 aliphatic carbocycles. The summed E-state index contributed by atoms with van der Waals surface area (Å²) >= 11 is 0. The molecule has 16 heavy (non-hydrogen) atoms. The zero-order valence-corrected chi connectivity index (χ0v) is 8.84. The quantitative estimate of drug-likeness (QED) is 0.747. The third-order valence-corrected chi connectivity index (χ3v) is 2.36. The first-order chi connectivity index (χ1) is 7.70. The van der Waals surface area contributed by atoms with E-state index < -0.39 is 0 Å². The molecule has 0 N–H and O–H groups in total. The van der Waals surface area contributed by atoms with Crippen molar-refractivity contribution in [2.75, 3.05) is 18.6 Å². The molecule has 1 aliphatic heterocycles. The molecular formula is C12H11NO3. The molecule has 0 atom stereocenters. The maximum Gasteiger partial charge on any atom is 0.251 e. The van der Waals surface area contributed by atoms with E-state index in [0.29, 0.717) is 11.4 Å². The second-order valence-electron chi connectivity index (χ2n) is 3.43. The number of anilines is 1. The summed E-state index contributed by atoms with van der Waals surface area (Å²) in [6.45, 7) is 0.0858. The van der Waals surface area contributed by atoms with Gasteiger partial charge in [0.15, 0.2) is 5.78 Å². The summed E-state index contributed by atoms with van der Waals surface area (Å²) in [5.41, 5.74) is 0.669. The molecule has 1 amide bonds. The van der Waals surface area contributed by atoms with E-state index in [1.54, 1.807) is 31.4 Å². The van der Waals surface area contributed by atoms with Crippen LogP contribution >= 0.6 is 0 Å². The summed E-state index contributed by atoms with van der Waals surface area (Å²) in [6.07, 6.45) is 2.59. The van der Waals surface area contributed by atoms with Gasteiger partial charge in [0.25, 0.3) is 5.91 Å². The van der Waals surface area contributed by atoms with Gasteiger partial charge in [-0.3, -0.25) is 9.59 Å². The predicted octanol–water partition coefficient (Wildman–Crippen LogP) is 1.17. The van der Waals surface area contributed by atoms with E-state index in [9.17, 15) is 9.59 Å². The number of carbonyl (C=O) groups is 2. The molecule has 0 radical (unpaired) electrons. The summed E-state index contributed by atoms with van der Waals surface area (Å²) in [4.78, 5) is 24.2. The van der Waals surface area contributed by atoms with E-state index in [0.717, 1.165) is 0 Å². The Kier molecular flexibility index (Phi) is 2.72. The van der Waals surface area contributed by atoms with Crippen LogP contribution in [0.2, 0.25) is 0 Å². The van der Waals surface area contributed by atoms with Crippen molar-refractivity contribution in [2.45, 2.75) is 0 Å². The summed E-state index contributed by atoms with van der Waals surface area (Å²) in [7, 11) is 1.56. The van der Waals surface area contributed by atoms with Gasteiger partial charge in [0, 0.05) is 17.8 Å². The highest BCUT2D eigenvalue weighted by atomic mass is 16.5. The van der Waals surface area contributed by atoms with E-state index >= 15 is 0 Å². The summed E-state index contributed by atoms with van der Waals surface area (Å²) in [6, 6.07) is 7.07. The third-order valence-electron chi connectivity index (χ3n) is 2.36. The fraction of sp³-hybridized carbons (Fsp3) is 0.167. The Morgan fingerprint density at radius 1 is 1.25 bits per heavy atom. The van der Waals surface area contributed by atoms with Crippen molar-refractivity contribution in [1.82, 2.24) is 0 Å². The maximum absolute atomic E-state index is 11.6. The molecule has 1 heterocycles. The van der Waals surface area contributed by atoms with Crippen LogP contribution in [0.4, 0.5) is 5.69 Å². The average molecular weight is 217 g/mol. The molecule has 4 heteroatoms. The highest BCUT2D eigenvalue weighted by Crippen LogP contribution is 2.22. The van der Waals surface area contributed by atoms with E-state index in [-0.39, 0.29) is 18.2 Å². The molecule has 82 valence electrons.